The van der Waals surface area contributed by atoms with Crippen molar-refractivity contribution in [2.75, 3.05) is 5.32 Å². The van der Waals surface area contributed by atoms with Crippen molar-refractivity contribution in [2.45, 2.75) is 20.3 Å². The number of anilines is 1. The molecule has 0 radical (unpaired) electrons. The molecule has 0 aliphatic rings. The number of carbonyl (C=O) groups excluding carboxylic acids is 1. The molecule has 24 heavy (non-hydrogen) atoms. The third kappa shape index (κ3) is 2.93. The molecule has 0 fully saturated rings. The molecule has 1 aromatic heterocycles. The third-order valence-electron chi connectivity index (χ3n) is 4.13. The highest BCUT2D eigenvalue weighted by atomic mass is 35.5. The summed E-state index contributed by atoms with van der Waals surface area (Å²) < 4.78 is 0. The summed E-state index contributed by atoms with van der Waals surface area (Å²) in [6, 6.07) is 12.4. The van der Waals surface area contributed by atoms with Crippen LogP contribution < -0.4 is 10.9 Å². The van der Waals surface area contributed by atoms with Crippen LogP contribution in [0.5, 0.6) is 0 Å². The Morgan fingerprint density at radius 3 is 2.67 bits per heavy atom. The first-order valence-electron chi connectivity index (χ1n) is 7.72. The number of carbonyl (C=O) groups is 1. The fourth-order valence-corrected chi connectivity index (χ4v) is 3.07. The summed E-state index contributed by atoms with van der Waals surface area (Å²) in [5, 5.41) is 4.18. The molecule has 0 bridgehead atoms. The van der Waals surface area contributed by atoms with Crippen LogP contribution in [0.3, 0.4) is 0 Å². The predicted octanol–water partition coefficient (Wildman–Crippen LogP) is 4.30. The number of pyridine rings is 1. The highest BCUT2D eigenvalue weighted by molar-refractivity contribution is 6.34. The third-order valence-corrected chi connectivity index (χ3v) is 4.46. The van der Waals surface area contributed by atoms with Crippen molar-refractivity contribution in [3.63, 3.8) is 0 Å². The number of aromatic nitrogens is 1. The van der Waals surface area contributed by atoms with E-state index >= 15 is 0 Å². The number of H-pyrrole nitrogens is 1. The number of rotatable bonds is 3. The first-order valence-corrected chi connectivity index (χ1v) is 8.10. The van der Waals surface area contributed by atoms with Crippen molar-refractivity contribution in [1.82, 2.24) is 4.98 Å². The van der Waals surface area contributed by atoms with E-state index in [9.17, 15) is 9.59 Å². The maximum Gasteiger partial charge on any atom is 0.257 e. The molecule has 1 amide bonds. The van der Waals surface area contributed by atoms with Crippen molar-refractivity contribution in [3.05, 3.63) is 74.5 Å². The van der Waals surface area contributed by atoms with Gasteiger partial charge >= 0.3 is 0 Å². The SMILES string of the molecule is CCc1c(C)c2ccc(NC(=O)c3ccccc3Cl)cc2[nH]c1=O. The highest BCUT2D eigenvalue weighted by Crippen LogP contribution is 2.23. The van der Waals surface area contributed by atoms with Crippen molar-refractivity contribution in [1.29, 1.82) is 0 Å². The summed E-state index contributed by atoms with van der Waals surface area (Å²) in [6.07, 6.45) is 0.683. The maximum absolute atomic E-state index is 12.3. The molecule has 2 aromatic carbocycles. The van der Waals surface area contributed by atoms with Crippen LogP contribution in [0.25, 0.3) is 10.9 Å². The van der Waals surface area contributed by atoms with Crippen LogP contribution in [0.1, 0.15) is 28.4 Å². The zero-order chi connectivity index (χ0) is 17.3. The van der Waals surface area contributed by atoms with E-state index in [1.165, 1.54) is 0 Å². The molecule has 0 spiro atoms. The molecule has 5 heteroatoms. The first-order chi connectivity index (χ1) is 11.5. The smallest absolute Gasteiger partial charge is 0.257 e. The van der Waals surface area contributed by atoms with Crippen LogP contribution in [-0.2, 0) is 6.42 Å². The van der Waals surface area contributed by atoms with E-state index in [0.717, 1.165) is 16.5 Å². The summed E-state index contributed by atoms with van der Waals surface area (Å²) in [4.78, 5) is 27.3. The number of amides is 1. The van der Waals surface area contributed by atoms with Gasteiger partial charge in [0.25, 0.3) is 11.5 Å². The van der Waals surface area contributed by atoms with Gasteiger partial charge in [0.1, 0.15) is 0 Å². The molecule has 2 N–H and O–H groups in total. The van der Waals surface area contributed by atoms with Crippen molar-refractivity contribution >= 4 is 34.1 Å². The fraction of sp³-hybridized carbons (Fsp3) is 0.158. The largest absolute Gasteiger partial charge is 0.322 e. The van der Waals surface area contributed by atoms with Gasteiger partial charge in [-0.2, -0.15) is 0 Å². The van der Waals surface area contributed by atoms with Crippen molar-refractivity contribution < 1.29 is 4.79 Å². The van der Waals surface area contributed by atoms with Gasteiger partial charge in [-0.05, 0) is 43.2 Å². The summed E-state index contributed by atoms with van der Waals surface area (Å²) in [5.74, 6) is -0.288. The van der Waals surface area contributed by atoms with E-state index in [4.69, 9.17) is 11.6 Å². The lowest BCUT2D eigenvalue weighted by atomic mass is 10.0. The minimum absolute atomic E-state index is 0.0860. The van der Waals surface area contributed by atoms with E-state index in [0.29, 0.717) is 28.2 Å². The van der Waals surface area contributed by atoms with E-state index in [2.05, 4.69) is 10.3 Å². The second-order valence-corrected chi connectivity index (χ2v) is 6.01. The predicted molar refractivity (Wildman–Crippen MR) is 98.1 cm³/mol. The average molecular weight is 341 g/mol. The van der Waals surface area contributed by atoms with Crippen LogP contribution >= 0.6 is 11.6 Å². The summed E-state index contributed by atoms with van der Waals surface area (Å²) in [7, 11) is 0. The van der Waals surface area contributed by atoms with Gasteiger partial charge in [-0.1, -0.05) is 36.7 Å². The van der Waals surface area contributed by atoms with Gasteiger partial charge < -0.3 is 10.3 Å². The van der Waals surface area contributed by atoms with Gasteiger partial charge in [0.05, 0.1) is 16.1 Å². The second kappa shape index (κ2) is 6.49. The molecule has 0 atom stereocenters. The Labute approximate surface area is 144 Å². The van der Waals surface area contributed by atoms with Crippen LogP contribution in [0.2, 0.25) is 5.02 Å². The number of aromatic amines is 1. The molecule has 0 aliphatic carbocycles. The molecule has 3 aromatic rings. The molecule has 122 valence electrons. The van der Waals surface area contributed by atoms with Gasteiger partial charge in [0, 0.05) is 16.6 Å². The lowest BCUT2D eigenvalue weighted by Crippen LogP contribution is -2.15. The van der Waals surface area contributed by atoms with Gasteiger partial charge in [-0.3, -0.25) is 9.59 Å². The molecule has 0 saturated carbocycles. The topological polar surface area (TPSA) is 62.0 Å². The standard InChI is InChI=1S/C19H17ClN2O2/c1-3-13-11(2)14-9-8-12(10-17(14)22-18(13)23)21-19(24)15-6-4-5-7-16(15)20/h4-10H,3H2,1-2H3,(H,21,24)(H,22,23). The van der Waals surface area contributed by atoms with Crippen molar-refractivity contribution in [3.8, 4) is 0 Å². The van der Waals surface area contributed by atoms with Crippen LogP contribution in [-0.4, -0.2) is 10.9 Å². The lowest BCUT2D eigenvalue weighted by Gasteiger charge is -2.10. The van der Waals surface area contributed by atoms with Gasteiger partial charge in [-0.15, -0.1) is 0 Å². The fourth-order valence-electron chi connectivity index (χ4n) is 2.85. The summed E-state index contributed by atoms with van der Waals surface area (Å²) in [6.45, 7) is 3.90. The maximum atomic E-state index is 12.3. The van der Waals surface area contributed by atoms with E-state index < -0.39 is 0 Å². The molecule has 0 saturated heterocycles. The minimum Gasteiger partial charge on any atom is -0.322 e. The molecule has 1 heterocycles. The van der Waals surface area contributed by atoms with Crippen LogP contribution in [0.15, 0.2) is 47.3 Å². The Bertz CT molecular complexity index is 992. The Hall–Kier alpha value is -2.59. The first kappa shape index (κ1) is 16.3. The number of halogens is 1. The van der Waals surface area contributed by atoms with Gasteiger partial charge in [0.15, 0.2) is 0 Å². The van der Waals surface area contributed by atoms with Crippen LogP contribution in [0.4, 0.5) is 5.69 Å². The Morgan fingerprint density at radius 1 is 1.21 bits per heavy atom. The molecular formula is C19H17ClN2O2. The number of hydrogen-bond donors (Lipinski definition) is 2. The van der Waals surface area contributed by atoms with Crippen LogP contribution in [0, 0.1) is 6.92 Å². The molecule has 0 aliphatic heterocycles. The summed E-state index contributed by atoms with van der Waals surface area (Å²) in [5.41, 5.74) is 3.39. The van der Waals surface area contributed by atoms with Crippen molar-refractivity contribution in [2.24, 2.45) is 0 Å². The van der Waals surface area contributed by atoms with Gasteiger partial charge in [-0.25, -0.2) is 0 Å². The number of hydrogen-bond acceptors (Lipinski definition) is 2. The molecular weight excluding hydrogens is 324 g/mol. The summed E-state index contributed by atoms with van der Waals surface area (Å²) >= 11 is 6.05. The van der Waals surface area contributed by atoms with E-state index in [1.807, 2.05) is 26.0 Å². The number of fused-ring (bicyclic) bond motifs is 1. The average Bonchev–Trinajstić information content (AvgIpc) is 2.55. The van der Waals surface area contributed by atoms with E-state index in [1.54, 1.807) is 30.3 Å². The second-order valence-electron chi connectivity index (χ2n) is 5.61. The molecule has 4 nitrogen and oxygen atoms in total. The molecule has 3 rings (SSSR count). The zero-order valence-corrected chi connectivity index (χ0v) is 14.2. The lowest BCUT2D eigenvalue weighted by molar-refractivity contribution is 0.102. The van der Waals surface area contributed by atoms with E-state index in [-0.39, 0.29) is 11.5 Å². The Morgan fingerprint density at radius 2 is 1.96 bits per heavy atom. The number of nitrogens with one attached hydrogen (secondary N) is 2. The quantitative estimate of drug-likeness (QED) is 0.746. The van der Waals surface area contributed by atoms with Gasteiger partial charge in [0.2, 0.25) is 0 Å². The Balaban J connectivity index is 1.99. The number of benzene rings is 2. The normalized spacial score (nSPS) is 10.8. The molecule has 0 unspecified atom stereocenters. The highest BCUT2D eigenvalue weighted by Gasteiger charge is 2.12. The zero-order valence-electron chi connectivity index (χ0n) is 13.4. The minimum atomic E-state index is -0.288. The monoisotopic (exact) mass is 340 g/mol. The Kier molecular flexibility index (Phi) is 4.40. The number of aryl methyl sites for hydroxylation is 1.